The second-order valence-electron chi connectivity index (χ2n) is 6.86. The van der Waals surface area contributed by atoms with Gasteiger partial charge in [-0.25, -0.2) is 0 Å². The first kappa shape index (κ1) is 18.8. The maximum Gasteiger partial charge on any atom is 0.276 e. The maximum absolute atomic E-state index is 5.92. The first-order valence-electron chi connectivity index (χ1n) is 9.76. The Morgan fingerprint density at radius 3 is 3.00 bits per heavy atom. The second-order valence-corrected chi connectivity index (χ2v) is 6.86. The van der Waals surface area contributed by atoms with Crippen LogP contribution in [0, 0.1) is 0 Å². The minimum absolute atomic E-state index is 0.105. The molecule has 2 aliphatic rings. The molecule has 0 saturated carbocycles. The van der Waals surface area contributed by atoms with Gasteiger partial charge in [-0.2, -0.15) is 4.98 Å². The van der Waals surface area contributed by atoms with Crippen molar-refractivity contribution in [1.29, 1.82) is 0 Å². The maximum atomic E-state index is 5.92. The molecule has 2 unspecified atom stereocenters. The van der Waals surface area contributed by atoms with Crippen molar-refractivity contribution in [2.75, 3.05) is 39.9 Å². The first-order chi connectivity index (χ1) is 13.8. The molecule has 2 aromatic rings. The fourth-order valence-electron chi connectivity index (χ4n) is 3.56. The van der Waals surface area contributed by atoms with E-state index in [9.17, 15) is 0 Å². The van der Waals surface area contributed by atoms with Gasteiger partial charge < -0.3 is 24.2 Å². The lowest BCUT2D eigenvalue weighted by Crippen LogP contribution is -2.53. The molecule has 2 fully saturated rings. The van der Waals surface area contributed by atoms with Crippen LogP contribution in [0.4, 0.5) is 0 Å². The Morgan fingerprint density at radius 1 is 1.29 bits per heavy atom. The molecule has 4 rings (SSSR count). The third-order valence-electron chi connectivity index (χ3n) is 4.97. The molecule has 0 radical (unpaired) electrons. The highest BCUT2D eigenvalue weighted by Gasteiger charge is 2.32. The van der Waals surface area contributed by atoms with Crippen LogP contribution in [0.15, 0.2) is 33.9 Å². The standard InChI is InChI=1S/C19H26N6O3/c1-20-19(25-10-12-27-16(13-25)15-6-4-11-26-15)22-9-7-17-23-18(28-24-17)14-5-2-3-8-21-14/h2-3,5,8,15-16H,4,6-7,9-13H2,1H3,(H,20,22). The van der Waals surface area contributed by atoms with Crippen LogP contribution in [-0.4, -0.2) is 78.1 Å². The summed E-state index contributed by atoms with van der Waals surface area (Å²) in [4.78, 5) is 15.3. The summed E-state index contributed by atoms with van der Waals surface area (Å²) in [5, 5.41) is 7.43. The lowest BCUT2D eigenvalue weighted by Gasteiger charge is -2.37. The van der Waals surface area contributed by atoms with Crippen molar-refractivity contribution in [2.45, 2.75) is 31.5 Å². The van der Waals surface area contributed by atoms with E-state index >= 15 is 0 Å². The first-order valence-corrected chi connectivity index (χ1v) is 9.76. The average molecular weight is 386 g/mol. The summed E-state index contributed by atoms with van der Waals surface area (Å²) < 4.78 is 17.0. The quantitative estimate of drug-likeness (QED) is 0.603. The van der Waals surface area contributed by atoms with Crippen LogP contribution >= 0.6 is 0 Å². The topological polar surface area (TPSA) is 97.9 Å². The summed E-state index contributed by atoms with van der Waals surface area (Å²) in [6.45, 7) is 3.79. The lowest BCUT2D eigenvalue weighted by molar-refractivity contribution is -0.0816. The van der Waals surface area contributed by atoms with Gasteiger partial charge in [0.1, 0.15) is 11.8 Å². The van der Waals surface area contributed by atoms with Crippen molar-refractivity contribution in [3.8, 4) is 11.6 Å². The molecule has 0 spiro atoms. The summed E-state index contributed by atoms with van der Waals surface area (Å²) in [5.74, 6) is 1.94. The number of aliphatic imine (C=N–C) groups is 1. The van der Waals surface area contributed by atoms with Crippen molar-refractivity contribution in [2.24, 2.45) is 4.99 Å². The van der Waals surface area contributed by atoms with Crippen LogP contribution in [0.5, 0.6) is 0 Å². The summed E-state index contributed by atoms with van der Waals surface area (Å²) in [6.07, 6.45) is 4.83. The number of pyridine rings is 1. The Kier molecular flexibility index (Phi) is 6.13. The highest BCUT2D eigenvalue weighted by molar-refractivity contribution is 5.80. The summed E-state index contributed by atoms with van der Waals surface area (Å²) >= 11 is 0. The summed E-state index contributed by atoms with van der Waals surface area (Å²) in [5.41, 5.74) is 0.679. The van der Waals surface area contributed by atoms with Gasteiger partial charge in [-0.3, -0.25) is 9.98 Å². The zero-order valence-electron chi connectivity index (χ0n) is 16.1. The molecule has 28 heavy (non-hydrogen) atoms. The number of aromatic nitrogens is 3. The van der Waals surface area contributed by atoms with Crippen molar-refractivity contribution in [3.63, 3.8) is 0 Å². The highest BCUT2D eigenvalue weighted by Crippen LogP contribution is 2.21. The molecular weight excluding hydrogens is 360 g/mol. The number of ether oxygens (including phenoxy) is 2. The average Bonchev–Trinajstić information content (AvgIpc) is 3.44. The van der Waals surface area contributed by atoms with Gasteiger partial charge in [0.15, 0.2) is 11.8 Å². The lowest BCUT2D eigenvalue weighted by atomic mass is 10.1. The molecule has 2 saturated heterocycles. The molecule has 2 aromatic heterocycles. The number of guanidine groups is 1. The van der Waals surface area contributed by atoms with Gasteiger partial charge in [-0.05, 0) is 25.0 Å². The number of rotatable bonds is 5. The van der Waals surface area contributed by atoms with E-state index in [2.05, 4.69) is 30.3 Å². The molecule has 4 heterocycles. The molecule has 150 valence electrons. The van der Waals surface area contributed by atoms with Crippen molar-refractivity contribution in [1.82, 2.24) is 25.3 Å². The van der Waals surface area contributed by atoms with Gasteiger partial charge in [0.2, 0.25) is 0 Å². The van der Waals surface area contributed by atoms with Gasteiger partial charge in [-0.1, -0.05) is 11.2 Å². The third kappa shape index (κ3) is 4.48. The van der Waals surface area contributed by atoms with E-state index in [0.29, 0.717) is 37.0 Å². The third-order valence-corrected chi connectivity index (χ3v) is 4.97. The van der Waals surface area contributed by atoms with Crippen LogP contribution < -0.4 is 5.32 Å². The van der Waals surface area contributed by atoms with Gasteiger partial charge >= 0.3 is 0 Å². The highest BCUT2D eigenvalue weighted by atomic mass is 16.5. The van der Waals surface area contributed by atoms with Gasteiger partial charge in [-0.15, -0.1) is 0 Å². The van der Waals surface area contributed by atoms with Crippen LogP contribution in [-0.2, 0) is 15.9 Å². The molecule has 0 bridgehead atoms. The molecular formula is C19H26N6O3. The smallest absolute Gasteiger partial charge is 0.276 e. The number of nitrogens with one attached hydrogen (secondary N) is 1. The SMILES string of the molecule is CN=C(NCCc1noc(-c2ccccn2)n1)N1CCOC(C2CCCO2)C1. The Hall–Kier alpha value is -2.52. The fourth-order valence-corrected chi connectivity index (χ4v) is 3.56. The number of hydrogen-bond donors (Lipinski definition) is 1. The summed E-state index contributed by atoms with van der Waals surface area (Å²) in [7, 11) is 1.80. The van der Waals surface area contributed by atoms with E-state index in [1.54, 1.807) is 13.2 Å². The Labute approximate surface area is 164 Å². The van der Waals surface area contributed by atoms with E-state index in [0.717, 1.165) is 38.5 Å². The van der Waals surface area contributed by atoms with Crippen LogP contribution in [0.2, 0.25) is 0 Å². The summed E-state index contributed by atoms with van der Waals surface area (Å²) in [6, 6.07) is 5.59. The predicted molar refractivity (Wildman–Crippen MR) is 103 cm³/mol. The Balaban J connectivity index is 1.28. The van der Waals surface area contributed by atoms with Crippen LogP contribution in [0.25, 0.3) is 11.6 Å². The largest absolute Gasteiger partial charge is 0.375 e. The van der Waals surface area contributed by atoms with Crippen molar-refractivity contribution >= 4 is 5.96 Å². The van der Waals surface area contributed by atoms with Gasteiger partial charge in [0, 0.05) is 45.9 Å². The predicted octanol–water partition coefficient (Wildman–Crippen LogP) is 1.13. The van der Waals surface area contributed by atoms with E-state index in [1.807, 2.05) is 18.2 Å². The van der Waals surface area contributed by atoms with Crippen molar-refractivity contribution < 1.29 is 14.0 Å². The molecule has 0 aliphatic carbocycles. The number of morpholine rings is 1. The fraction of sp³-hybridized carbons (Fsp3) is 0.579. The van der Waals surface area contributed by atoms with Gasteiger partial charge in [0.05, 0.1) is 12.7 Å². The number of hydrogen-bond acceptors (Lipinski definition) is 7. The normalized spacial score (nSPS) is 23.2. The van der Waals surface area contributed by atoms with Gasteiger partial charge in [0.25, 0.3) is 5.89 Å². The number of nitrogens with zero attached hydrogens (tertiary/aromatic N) is 5. The monoisotopic (exact) mass is 386 g/mol. The van der Waals surface area contributed by atoms with Crippen LogP contribution in [0.1, 0.15) is 18.7 Å². The van der Waals surface area contributed by atoms with E-state index in [-0.39, 0.29) is 12.2 Å². The molecule has 0 amide bonds. The van der Waals surface area contributed by atoms with E-state index in [1.165, 1.54) is 0 Å². The van der Waals surface area contributed by atoms with E-state index in [4.69, 9.17) is 14.0 Å². The molecule has 0 aromatic carbocycles. The molecule has 2 atom stereocenters. The van der Waals surface area contributed by atoms with Crippen LogP contribution in [0.3, 0.4) is 0 Å². The minimum atomic E-state index is 0.105. The van der Waals surface area contributed by atoms with Crippen molar-refractivity contribution in [3.05, 3.63) is 30.2 Å². The zero-order chi connectivity index (χ0) is 19.2. The Bertz CT molecular complexity index is 775. The molecule has 9 heteroatoms. The van der Waals surface area contributed by atoms with E-state index < -0.39 is 0 Å². The molecule has 9 nitrogen and oxygen atoms in total. The molecule has 2 aliphatic heterocycles. The second kappa shape index (κ2) is 9.11. The zero-order valence-corrected chi connectivity index (χ0v) is 16.1. The Morgan fingerprint density at radius 2 is 2.21 bits per heavy atom. The molecule has 1 N–H and O–H groups in total. The minimum Gasteiger partial charge on any atom is -0.375 e.